The van der Waals surface area contributed by atoms with Gasteiger partial charge in [0.2, 0.25) is 0 Å². The lowest BCUT2D eigenvalue weighted by Crippen LogP contribution is -2.39. The van der Waals surface area contributed by atoms with E-state index in [2.05, 4.69) is 5.32 Å². The van der Waals surface area contributed by atoms with Gasteiger partial charge in [0.1, 0.15) is 5.78 Å². The van der Waals surface area contributed by atoms with Crippen molar-refractivity contribution in [3.05, 3.63) is 0 Å². The van der Waals surface area contributed by atoms with E-state index in [1.54, 1.807) is 7.11 Å². The third-order valence-corrected chi connectivity index (χ3v) is 4.37. The molecule has 17 heavy (non-hydrogen) atoms. The van der Waals surface area contributed by atoms with Crippen LogP contribution in [0.1, 0.15) is 45.4 Å². The third kappa shape index (κ3) is 3.52. The molecule has 2 aliphatic rings. The molecule has 98 valence electrons. The zero-order chi connectivity index (χ0) is 12.3. The molecule has 0 aromatic heterocycles. The molecule has 2 aliphatic heterocycles. The number of nitrogens with one attached hydrogen (secondary N) is 1. The van der Waals surface area contributed by atoms with E-state index in [4.69, 9.17) is 4.74 Å². The molecule has 3 heteroatoms. The fraction of sp³-hybridized carbons (Fsp3) is 0.929. The standard InChI is InChI=1S/C14H25NO2/c1-10(5-6-17-2)14(16)9-11-7-12-3-4-13(8-11)15-12/h10-13,15H,3-9H2,1-2H3. The van der Waals surface area contributed by atoms with Crippen LogP contribution in [0.5, 0.6) is 0 Å². The molecular formula is C14H25NO2. The summed E-state index contributed by atoms with van der Waals surface area (Å²) < 4.78 is 5.03. The maximum absolute atomic E-state index is 12.1. The summed E-state index contributed by atoms with van der Waals surface area (Å²) in [6.07, 6.45) is 6.70. The number of methoxy groups -OCH3 is 1. The lowest BCUT2D eigenvalue weighted by Gasteiger charge is -2.29. The number of fused-ring (bicyclic) bond motifs is 2. The zero-order valence-electron chi connectivity index (χ0n) is 11.1. The maximum Gasteiger partial charge on any atom is 0.136 e. The number of hydrogen-bond donors (Lipinski definition) is 1. The van der Waals surface area contributed by atoms with Gasteiger partial charge in [-0.2, -0.15) is 0 Å². The van der Waals surface area contributed by atoms with E-state index in [0.717, 1.165) is 12.8 Å². The number of carbonyl (C=O) groups is 1. The summed E-state index contributed by atoms with van der Waals surface area (Å²) in [5.41, 5.74) is 0. The first-order valence-corrected chi connectivity index (χ1v) is 6.96. The summed E-state index contributed by atoms with van der Waals surface area (Å²) in [5, 5.41) is 3.63. The van der Waals surface area contributed by atoms with Crippen molar-refractivity contribution < 1.29 is 9.53 Å². The summed E-state index contributed by atoms with van der Waals surface area (Å²) in [6, 6.07) is 1.39. The van der Waals surface area contributed by atoms with Crippen LogP contribution in [-0.4, -0.2) is 31.6 Å². The highest BCUT2D eigenvalue weighted by molar-refractivity contribution is 5.80. The van der Waals surface area contributed by atoms with Crippen LogP contribution in [0.2, 0.25) is 0 Å². The van der Waals surface area contributed by atoms with E-state index < -0.39 is 0 Å². The van der Waals surface area contributed by atoms with Crippen molar-refractivity contribution in [2.24, 2.45) is 11.8 Å². The smallest absolute Gasteiger partial charge is 0.136 e. The van der Waals surface area contributed by atoms with Crippen molar-refractivity contribution in [3.63, 3.8) is 0 Å². The second-order valence-corrected chi connectivity index (χ2v) is 5.83. The number of Topliss-reactive ketones (excluding diaryl/α,β-unsaturated/α-hetero) is 1. The van der Waals surface area contributed by atoms with Gasteiger partial charge >= 0.3 is 0 Å². The lowest BCUT2D eigenvalue weighted by atomic mass is 9.85. The fourth-order valence-corrected chi connectivity index (χ4v) is 3.28. The fourth-order valence-electron chi connectivity index (χ4n) is 3.28. The van der Waals surface area contributed by atoms with Gasteiger partial charge in [0.25, 0.3) is 0 Å². The first kappa shape index (κ1) is 13.0. The monoisotopic (exact) mass is 239 g/mol. The number of hydrogen-bond acceptors (Lipinski definition) is 3. The van der Waals surface area contributed by atoms with Crippen molar-refractivity contribution in [1.29, 1.82) is 0 Å². The second kappa shape index (κ2) is 5.96. The summed E-state index contributed by atoms with van der Waals surface area (Å²) in [5.74, 6) is 1.24. The van der Waals surface area contributed by atoms with Crippen molar-refractivity contribution in [2.45, 2.75) is 57.5 Å². The quantitative estimate of drug-likeness (QED) is 0.772. The molecule has 3 nitrogen and oxygen atoms in total. The van der Waals surface area contributed by atoms with Crippen LogP contribution in [0.15, 0.2) is 0 Å². The van der Waals surface area contributed by atoms with E-state index >= 15 is 0 Å². The Morgan fingerprint density at radius 3 is 2.59 bits per heavy atom. The number of piperidine rings is 1. The molecule has 0 amide bonds. The predicted molar refractivity (Wildman–Crippen MR) is 68.0 cm³/mol. The van der Waals surface area contributed by atoms with Gasteiger partial charge in [-0.25, -0.2) is 0 Å². The molecule has 0 saturated carbocycles. The summed E-state index contributed by atoms with van der Waals surface area (Å²) in [6.45, 7) is 2.74. The minimum atomic E-state index is 0.169. The Hall–Kier alpha value is -0.410. The molecule has 3 atom stereocenters. The zero-order valence-corrected chi connectivity index (χ0v) is 11.1. The van der Waals surface area contributed by atoms with Crippen LogP contribution >= 0.6 is 0 Å². The minimum Gasteiger partial charge on any atom is -0.385 e. The molecule has 1 N–H and O–H groups in total. The molecule has 0 aliphatic carbocycles. The largest absolute Gasteiger partial charge is 0.385 e. The Bertz CT molecular complexity index is 255. The van der Waals surface area contributed by atoms with Crippen LogP contribution < -0.4 is 5.32 Å². The van der Waals surface area contributed by atoms with Crippen LogP contribution in [0.25, 0.3) is 0 Å². The molecule has 2 bridgehead atoms. The number of rotatable bonds is 6. The van der Waals surface area contributed by atoms with Crippen molar-refractivity contribution >= 4 is 5.78 Å². The van der Waals surface area contributed by atoms with Crippen molar-refractivity contribution in [3.8, 4) is 0 Å². The molecule has 0 aromatic carbocycles. The average Bonchev–Trinajstić information content (AvgIpc) is 2.65. The van der Waals surface area contributed by atoms with Crippen LogP contribution in [0.4, 0.5) is 0 Å². The van der Waals surface area contributed by atoms with Crippen LogP contribution in [0.3, 0.4) is 0 Å². The Labute approximate surface area is 104 Å². The SMILES string of the molecule is COCCC(C)C(=O)CC1CC2CCC(C1)N2. The first-order valence-electron chi connectivity index (χ1n) is 6.96. The van der Waals surface area contributed by atoms with Crippen molar-refractivity contribution in [1.82, 2.24) is 5.32 Å². The Morgan fingerprint density at radius 1 is 1.35 bits per heavy atom. The van der Waals surface area contributed by atoms with Gasteiger partial charge in [0.15, 0.2) is 0 Å². The molecular weight excluding hydrogens is 214 g/mol. The second-order valence-electron chi connectivity index (χ2n) is 5.83. The maximum atomic E-state index is 12.1. The van der Waals surface area contributed by atoms with Gasteiger partial charge in [-0.3, -0.25) is 4.79 Å². The lowest BCUT2D eigenvalue weighted by molar-refractivity contribution is -0.124. The highest BCUT2D eigenvalue weighted by Gasteiger charge is 2.34. The molecule has 3 unspecified atom stereocenters. The summed E-state index contributed by atoms with van der Waals surface area (Å²) in [4.78, 5) is 12.1. The molecule has 0 aromatic rings. The molecule has 2 fully saturated rings. The summed E-state index contributed by atoms with van der Waals surface area (Å²) >= 11 is 0. The van der Waals surface area contributed by atoms with Gasteiger partial charge < -0.3 is 10.1 Å². The number of ketones is 1. The predicted octanol–water partition coefficient (Wildman–Crippen LogP) is 2.15. The van der Waals surface area contributed by atoms with Crippen LogP contribution in [0, 0.1) is 11.8 Å². The Kier molecular flexibility index (Phi) is 4.57. The Balaban J connectivity index is 1.74. The van der Waals surface area contributed by atoms with Gasteiger partial charge in [0.05, 0.1) is 0 Å². The minimum absolute atomic E-state index is 0.169. The van der Waals surface area contributed by atoms with E-state index in [0.29, 0.717) is 30.4 Å². The van der Waals surface area contributed by atoms with Gasteiger partial charge in [-0.1, -0.05) is 6.92 Å². The average molecular weight is 239 g/mol. The highest BCUT2D eigenvalue weighted by atomic mass is 16.5. The molecule has 2 rings (SSSR count). The van der Waals surface area contributed by atoms with E-state index in [9.17, 15) is 4.79 Å². The van der Waals surface area contributed by atoms with E-state index in [1.165, 1.54) is 25.7 Å². The highest BCUT2D eigenvalue weighted by Crippen LogP contribution is 2.33. The molecule has 2 heterocycles. The van der Waals surface area contributed by atoms with Gasteiger partial charge in [-0.05, 0) is 38.0 Å². The summed E-state index contributed by atoms with van der Waals surface area (Å²) in [7, 11) is 1.70. The topological polar surface area (TPSA) is 38.3 Å². The molecule has 0 radical (unpaired) electrons. The Morgan fingerprint density at radius 2 is 2.00 bits per heavy atom. The molecule has 0 spiro atoms. The van der Waals surface area contributed by atoms with Crippen LogP contribution in [-0.2, 0) is 9.53 Å². The number of ether oxygens (including phenoxy) is 1. The number of carbonyl (C=O) groups excluding carboxylic acids is 1. The van der Waals surface area contributed by atoms with E-state index in [1.807, 2.05) is 6.92 Å². The third-order valence-electron chi connectivity index (χ3n) is 4.37. The van der Waals surface area contributed by atoms with Gasteiger partial charge in [0, 0.05) is 38.1 Å². The van der Waals surface area contributed by atoms with Crippen molar-refractivity contribution in [2.75, 3.05) is 13.7 Å². The van der Waals surface area contributed by atoms with E-state index in [-0.39, 0.29) is 5.92 Å². The molecule has 2 saturated heterocycles. The van der Waals surface area contributed by atoms with Gasteiger partial charge in [-0.15, -0.1) is 0 Å². The normalized spacial score (nSPS) is 33.6. The first-order chi connectivity index (χ1) is 8.19.